The molecule has 4 heterocycles. The van der Waals surface area contributed by atoms with Crippen molar-refractivity contribution in [3.8, 4) is 11.7 Å². The Morgan fingerprint density at radius 2 is 2.04 bits per heavy atom. The van der Waals surface area contributed by atoms with Gasteiger partial charge in [0, 0.05) is 44.4 Å². The van der Waals surface area contributed by atoms with E-state index < -0.39 is 0 Å². The largest absolute Gasteiger partial charge is 0.473 e. The second kappa shape index (κ2) is 7.28. The lowest BCUT2D eigenvalue weighted by Crippen LogP contribution is -2.41. The molecule has 1 amide bonds. The van der Waals surface area contributed by atoms with Gasteiger partial charge in [0.05, 0.1) is 0 Å². The minimum Gasteiger partial charge on any atom is -0.473 e. The number of ether oxygens (including phenoxy) is 1. The average molecular weight is 418 g/mol. The third-order valence-corrected chi connectivity index (χ3v) is 4.59. The van der Waals surface area contributed by atoms with Crippen LogP contribution in [0, 0.1) is 0 Å². The summed E-state index contributed by atoms with van der Waals surface area (Å²) in [7, 11) is 0. The van der Waals surface area contributed by atoms with Crippen LogP contribution in [0.5, 0.6) is 5.88 Å². The van der Waals surface area contributed by atoms with E-state index in [9.17, 15) is 4.79 Å². The van der Waals surface area contributed by atoms with Crippen molar-refractivity contribution in [2.45, 2.75) is 18.9 Å². The maximum Gasteiger partial charge on any atom is 0.289 e. The SMILES string of the molecule is O=C(c1ccc(Br)o1)N1CCC(Oc2ccc(-n3cccn3)nn2)CC1. The fraction of sp³-hybridized carbons (Fsp3) is 0.294. The molecule has 0 radical (unpaired) electrons. The summed E-state index contributed by atoms with van der Waals surface area (Å²) in [5.41, 5.74) is 0. The molecule has 26 heavy (non-hydrogen) atoms. The zero-order valence-corrected chi connectivity index (χ0v) is 15.4. The maximum atomic E-state index is 12.4. The van der Waals surface area contributed by atoms with E-state index in [4.69, 9.17) is 9.15 Å². The van der Waals surface area contributed by atoms with Gasteiger partial charge in [0.2, 0.25) is 5.88 Å². The molecule has 0 unspecified atom stereocenters. The lowest BCUT2D eigenvalue weighted by Gasteiger charge is -2.31. The summed E-state index contributed by atoms with van der Waals surface area (Å²) in [5, 5.41) is 12.3. The minimum atomic E-state index is -0.0995. The Balaban J connectivity index is 1.32. The van der Waals surface area contributed by atoms with Crippen LogP contribution >= 0.6 is 15.9 Å². The van der Waals surface area contributed by atoms with Crippen molar-refractivity contribution in [3.05, 3.63) is 53.2 Å². The van der Waals surface area contributed by atoms with E-state index in [0.29, 0.717) is 35.2 Å². The standard InChI is InChI=1S/C17H16BrN5O3/c18-14-3-2-13(26-14)17(24)22-10-6-12(7-11-22)25-16-5-4-15(20-21-16)23-9-1-8-19-23/h1-5,8-9,12H,6-7,10-11H2. The predicted molar refractivity (Wildman–Crippen MR) is 95.1 cm³/mol. The van der Waals surface area contributed by atoms with Gasteiger partial charge in [-0.2, -0.15) is 5.10 Å². The molecule has 134 valence electrons. The van der Waals surface area contributed by atoms with Gasteiger partial charge < -0.3 is 14.1 Å². The van der Waals surface area contributed by atoms with E-state index in [2.05, 4.69) is 31.2 Å². The number of aromatic nitrogens is 4. The number of hydrogen-bond acceptors (Lipinski definition) is 6. The van der Waals surface area contributed by atoms with E-state index in [1.54, 1.807) is 40.2 Å². The van der Waals surface area contributed by atoms with Crippen LogP contribution < -0.4 is 4.74 Å². The summed E-state index contributed by atoms with van der Waals surface area (Å²) in [6.45, 7) is 1.22. The monoisotopic (exact) mass is 417 g/mol. The molecule has 0 N–H and O–H groups in total. The number of halogens is 1. The summed E-state index contributed by atoms with van der Waals surface area (Å²) in [6, 6.07) is 8.80. The lowest BCUT2D eigenvalue weighted by atomic mass is 10.1. The first-order valence-corrected chi connectivity index (χ1v) is 9.03. The molecule has 0 aromatic carbocycles. The van der Waals surface area contributed by atoms with Crippen molar-refractivity contribution in [2.75, 3.05) is 13.1 Å². The molecule has 1 fully saturated rings. The second-order valence-electron chi connectivity index (χ2n) is 5.89. The molecular formula is C17H16BrN5O3. The first kappa shape index (κ1) is 16.8. The molecule has 3 aromatic rings. The van der Waals surface area contributed by atoms with Crippen LogP contribution in [-0.4, -0.2) is 50.0 Å². The fourth-order valence-electron chi connectivity index (χ4n) is 2.83. The molecule has 8 nitrogen and oxygen atoms in total. The van der Waals surface area contributed by atoms with Crippen LogP contribution in [0.4, 0.5) is 0 Å². The third-order valence-electron chi connectivity index (χ3n) is 4.17. The first-order valence-electron chi connectivity index (χ1n) is 8.24. The van der Waals surface area contributed by atoms with Crippen LogP contribution in [0.3, 0.4) is 0 Å². The summed E-state index contributed by atoms with van der Waals surface area (Å²) in [4.78, 5) is 14.1. The Labute approximate surface area is 157 Å². The molecular weight excluding hydrogens is 402 g/mol. The third kappa shape index (κ3) is 3.62. The molecule has 9 heteroatoms. The Morgan fingerprint density at radius 1 is 1.19 bits per heavy atom. The van der Waals surface area contributed by atoms with Gasteiger partial charge in [-0.25, -0.2) is 4.68 Å². The number of rotatable bonds is 4. The van der Waals surface area contributed by atoms with Gasteiger partial charge in [-0.3, -0.25) is 4.79 Å². The zero-order valence-electron chi connectivity index (χ0n) is 13.8. The summed E-state index contributed by atoms with van der Waals surface area (Å²) >= 11 is 3.21. The number of likely N-dealkylation sites (tertiary alicyclic amines) is 1. The second-order valence-corrected chi connectivity index (χ2v) is 6.68. The van der Waals surface area contributed by atoms with Crippen molar-refractivity contribution in [1.29, 1.82) is 0 Å². The normalized spacial score (nSPS) is 15.2. The highest BCUT2D eigenvalue weighted by Gasteiger charge is 2.26. The maximum absolute atomic E-state index is 12.4. The highest BCUT2D eigenvalue weighted by atomic mass is 79.9. The van der Waals surface area contributed by atoms with Gasteiger partial charge in [-0.15, -0.1) is 10.2 Å². The number of carbonyl (C=O) groups is 1. The van der Waals surface area contributed by atoms with Gasteiger partial charge in [0.1, 0.15) is 6.10 Å². The number of amides is 1. The summed E-state index contributed by atoms with van der Waals surface area (Å²) < 4.78 is 13.4. The molecule has 0 spiro atoms. The highest BCUT2D eigenvalue weighted by molar-refractivity contribution is 9.10. The van der Waals surface area contributed by atoms with Gasteiger partial charge >= 0.3 is 0 Å². The fourth-order valence-corrected chi connectivity index (χ4v) is 3.14. The first-order chi connectivity index (χ1) is 12.7. The van der Waals surface area contributed by atoms with E-state index in [-0.39, 0.29) is 12.0 Å². The molecule has 3 aromatic heterocycles. The highest BCUT2D eigenvalue weighted by Crippen LogP contribution is 2.21. The molecule has 1 saturated heterocycles. The Kier molecular flexibility index (Phi) is 4.70. The van der Waals surface area contributed by atoms with Crippen LogP contribution in [0.2, 0.25) is 0 Å². The quantitative estimate of drug-likeness (QED) is 0.648. The van der Waals surface area contributed by atoms with Crippen molar-refractivity contribution in [1.82, 2.24) is 24.9 Å². The average Bonchev–Trinajstić information content (AvgIpc) is 3.34. The zero-order chi connectivity index (χ0) is 17.9. The van der Waals surface area contributed by atoms with Gasteiger partial charge in [0.15, 0.2) is 16.2 Å². The van der Waals surface area contributed by atoms with Crippen molar-refractivity contribution in [2.24, 2.45) is 0 Å². The summed E-state index contributed by atoms with van der Waals surface area (Å²) in [6.07, 6.45) is 4.95. The molecule has 4 rings (SSSR count). The molecule has 0 atom stereocenters. The molecule has 1 aliphatic rings. The Hall–Kier alpha value is -2.68. The van der Waals surface area contributed by atoms with Crippen molar-refractivity contribution < 1.29 is 13.9 Å². The topological polar surface area (TPSA) is 86.3 Å². The van der Waals surface area contributed by atoms with Gasteiger partial charge in [-0.05, 0) is 40.2 Å². The van der Waals surface area contributed by atoms with E-state index in [1.807, 2.05) is 12.1 Å². The van der Waals surface area contributed by atoms with E-state index in [1.165, 1.54) is 0 Å². The number of piperidine rings is 1. The number of carbonyl (C=O) groups excluding carboxylic acids is 1. The van der Waals surface area contributed by atoms with E-state index in [0.717, 1.165) is 12.8 Å². The summed E-state index contributed by atoms with van der Waals surface area (Å²) in [5.74, 6) is 1.35. The van der Waals surface area contributed by atoms with Crippen molar-refractivity contribution in [3.63, 3.8) is 0 Å². The van der Waals surface area contributed by atoms with Crippen LogP contribution in [0.25, 0.3) is 5.82 Å². The van der Waals surface area contributed by atoms with Crippen LogP contribution in [0.1, 0.15) is 23.4 Å². The van der Waals surface area contributed by atoms with Gasteiger partial charge in [0.25, 0.3) is 5.91 Å². The number of hydrogen-bond donors (Lipinski definition) is 0. The lowest BCUT2D eigenvalue weighted by molar-refractivity contribution is 0.0556. The Morgan fingerprint density at radius 3 is 2.65 bits per heavy atom. The van der Waals surface area contributed by atoms with Crippen LogP contribution in [0.15, 0.2) is 51.8 Å². The molecule has 1 aliphatic heterocycles. The predicted octanol–water partition coefficient (Wildman–Crippen LogP) is 2.70. The van der Waals surface area contributed by atoms with Crippen LogP contribution in [-0.2, 0) is 0 Å². The van der Waals surface area contributed by atoms with Gasteiger partial charge in [-0.1, -0.05) is 0 Å². The van der Waals surface area contributed by atoms with E-state index >= 15 is 0 Å². The number of furan rings is 1. The molecule has 0 aliphatic carbocycles. The molecule has 0 saturated carbocycles. The molecule has 0 bridgehead atoms. The number of nitrogens with zero attached hydrogens (tertiary/aromatic N) is 5. The minimum absolute atomic E-state index is 0.00670. The Bertz CT molecular complexity index is 870. The smallest absolute Gasteiger partial charge is 0.289 e. The van der Waals surface area contributed by atoms with Crippen molar-refractivity contribution >= 4 is 21.8 Å².